The number of aromatic hydroxyl groups is 1. The van der Waals surface area contributed by atoms with Crippen molar-refractivity contribution < 1.29 is 9.84 Å². The van der Waals surface area contributed by atoms with Crippen LogP contribution in [0.5, 0.6) is 5.75 Å². The maximum absolute atomic E-state index is 10.5. The lowest BCUT2D eigenvalue weighted by Gasteiger charge is -2.07. The first-order valence-electron chi connectivity index (χ1n) is 7.77. The van der Waals surface area contributed by atoms with E-state index in [0.29, 0.717) is 44.5 Å². The van der Waals surface area contributed by atoms with E-state index in [1.54, 1.807) is 26.2 Å². The predicted octanol–water partition coefficient (Wildman–Crippen LogP) is 4.65. The number of hydrogen-bond donors (Lipinski definition) is 3. The van der Waals surface area contributed by atoms with E-state index < -0.39 is 0 Å². The van der Waals surface area contributed by atoms with Crippen LogP contribution in [-0.2, 0) is 4.74 Å². The van der Waals surface area contributed by atoms with Crippen LogP contribution in [-0.4, -0.2) is 36.2 Å². The molecule has 1 heterocycles. The van der Waals surface area contributed by atoms with Gasteiger partial charge in [-0.05, 0) is 43.3 Å². The number of nitrogens with zero attached hydrogens (tertiary/aromatic N) is 1. The van der Waals surface area contributed by atoms with E-state index in [4.69, 9.17) is 40.2 Å². The summed E-state index contributed by atoms with van der Waals surface area (Å²) in [4.78, 5) is 0.702. The molecule has 1 aromatic heterocycles. The lowest BCUT2D eigenvalue weighted by Crippen LogP contribution is -2.33. The molecule has 2 rings (SSSR count). The number of thiophene rings is 1. The average Bonchev–Trinajstić information content (AvgIpc) is 3.00. The summed E-state index contributed by atoms with van der Waals surface area (Å²) < 4.78 is 4.97. The number of rotatable bonds is 7. The predicted molar refractivity (Wildman–Crippen MR) is 114 cm³/mol. The molecule has 26 heavy (non-hydrogen) atoms. The molecule has 0 unspecified atom stereocenters. The summed E-state index contributed by atoms with van der Waals surface area (Å²) in [5.41, 5.74) is 4.82. The van der Waals surface area contributed by atoms with Gasteiger partial charge in [0.25, 0.3) is 0 Å². The van der Waals surface area contributed by atoms with Crippen LogP contribution >= 0.6 is 46.8 Å². The molecule has 0 amide bonds. The molecule has 2 aromatic rings. The number of hydrazone groups is 1. The Labute approximate surface area is 172 Å². The Kier molecular flexibility index (Phi) is 8.12. The zero-order valence-electron chi connectivity index (χ0n) is 14.3. The lowest BCUT2D eigenvalue weighted by atomic mass is 10.1. The van der Waals surface area contributed by atoms with Gasteiger partial charge in [-0.25, -0.2) is 0 Å². The third kappa shape index (κ3) is 5.56. The van der Waals surface area contributed by atoms with E-state index in [1.165, 1.54) is 11.3 Å². The number of benzene rings is 1. The summed E-state index contributed by atoms with van der Waals surface area (Å²) in [6, 6.07) is 5.24. The highest BCUT2D eigenvalue weighted by molar-refractivity contribution is 7.80. The van der Waals surface area contributed by atoms with Crippen LogP contribution in [0.15, 0.2) is 28.7 Å². The minimum absolute atomic E-state index is 0.149. The fourth-order valence-corrected chi connectivity index (χ4v) is 3.55. The number of nitrogens with one attached hydrogen (secondary N) is 2. The van der Waals surface area contributed by atoms with Crippen LogP contribution in [0.3, 0.4) is 0 Å². The second kappa shape index (κ2) is 10.1. The Morgan fingerprint density at radius 3 is 2.81 bits per heavy atom. The second-order valence-electron chi connectivity index (χ2n) is 5.37. The summed E-state index contributed by atoms with van der Waals surface area (Å²) in [5, 5.41) is 21.0. The number of ether oxygens (including phenoxy) is 1. The molecule has 0 saturated heterocycles. The SMILES string of the molecule is COCCCNC(=S)N/N=C(/C)c1csc(-c2ccc(Cl)c(Cl)c2)c1O. The van der Waals surface area contributed by atoms with Crippen LogP contribution in [0.2, 0.25) is 10.0 Å². The normalized spacial score (nSPS) is 11.5. The summed E-state index contributed by atoms with van der Waals surface area (Å²) >= 11 is 18.6. The van der Waals surface area contributed by atoms with Gasteiger partial charge in [0.05, 0.1) is 26.2 Å². The van der Waals surface area contributed by atoms with E-state index in [2.05, 4.69) is 15.8 Å². The van der Waals surface area contributed by atoms with Gasteiger partial charge < -0.3 is 15.2 Å². The highest BCUT2D eigenvalue weighted by atomic mass is 35.5. The van der Waals surface area contributed by atoms with Crippen molar-refractivity contribution in [1.82, 2.24) is 10.7 Å². The summed E-state index contributed by atoms with van der Waals surface area (Å²) in [6.07, 6.45) is 0.847. The van der Waals surface area contributed by atoms with Crippen molar-refractivity contribution in [2.45, 2.75) is 13.3 Å². The Morgan fingerprint density at radius 2 is 2.12 bits per heavy atom. The molecule has 140 valence electrons. The summed E-state index contributed by atoms with van der Waals surface area (Å²) in [7, 11) is 1.66. The van der Waals surface area contributed by atoms with Crippen molar-refractivity contribution >= 4 is 57.6 Å². The van der Waals surface area contributed by atoms with E-state index in [0.717, 1.165) is 12.0 Å². The largest absolute Gasteiger partial charge is 0.506 e. The smallest absolute Gasteiger partial charge is 0.186 e. The van der Waals surface area contributed by atoms with E-state index in [9.17, 15) is 5.11 Å². The molecule has 9 heteroatoms. The number of halogens is 2. The lowest BCUT2D eigenvalue weighted by molar-refractivity contribution is 0.195. The summed E-state index contributed by atoms with van der Waals surface area (Å²) in [5.74, 6) is 0.149. The first-order chi connectivity index (χ1) is 12.4. The monoisotopic (exact) mass is 431 g/mol. The van der Waals surface area contributed by atoms with Gasteiger partial charge in [-0.15, -0.1) is 11.3 Å². The van der Waals surface area contributed by atoms with Gasteiger partial charge in [-0.1, -0.05) is 29.3 Å². The molecular weight excluding hydrogens is 413 g/mol. The van der Waals surface area contributed by atoms with Gasteiger partial charge in [0, 0.05) is 25.6 Å². The standard InChI is InChI=1S/C17H19Cl2N3O2S2/c1-10(21-22-17(25)20-6-3-7-24-2)12-9-26-16(15(12)23)11-4-5-13(18)14(19)8-11/h4-5,8-9,23H,3,6-7H2,1-2H3,(H2,20,22,25)/b21-10-. The molecular formula is C17H19Cl2N3O2S2. The Bertz CT molecular complexity index is 809. The first-order valence-corrected chi connectivity index (χ1v) is 9.81. The molecule has 0 spiro atoms. The third-order valence-corrected chi connectivity index (χ3v) is 5.47. The Hall–Kier alpha value is -1.38. The number of methoxy groups -OCH3 is 1. The van der Waals surface area contributed by atoms with Gasteiger partial charge in [0.15, 0.2) is 5.11 Å². The van der Waals surface area contributed by atoms with Crippen molar-refractivity contribution in [2.75, 3.05) is 20.3 Å². The zero-order chi connectivity index (χ0) is 19.1. The maximum Gasteiger partial charge on any atom is 0.186 e. The van der Waals surface area contributed by atoms with Gasteiger partial charge in [-0.2, -0.15) is 5.10 Å². The van der Waals surface area contributed by atoms with Gasteiger partial charge in [0.2, 0.25) is 0 Å². The molecule has 0 aliphatic rings. The number of hydrogen-bond acceptors (Lipinski definition) is 5. The van der Waals surface area contributed by atoms with Crippen molar-refractivity contribution in [1.29, 1.82) is 0 Å². The molecule has 0 aliphatic carbocycles. The second-order valence-corrected chi connectivity index (χ2v) is 7.47. The van der Waals surface area contributed by atoms with Gasteiger partial charge in [0.1, 0.15) is 5.75 Å². The van der Waals surface area contributed by atoms with Gasteiger partial charge in [-0.3, -0.25) is 5.43 Å². The van der Waals surface area contributed by atoms with Crippen LogP contribution in [0.1, 0.15) is 18.9 Å². The molecule has 1 aromatic carbocycles. The topological polar surface area (TPSA) is 65.9 Å². The van der Waals surface area contributed by atoms with Crippen molar-refractivity contribution in [3.8, 4) is 16.2 Å². The van der Waals surface area contributed by atoms with Gasteiger partial charge >= 0.3 is 0 Å². The minimum Gasteiger partial charge on any atom is -0.506 e. The van der Waals surface area contributed by atoms with Crippen molar-refractivity contribution in [3.05, 3.63) is 39.2 Å². The van der Waals surface area contributed by atoms with E-state index in [1.807, 2.05) is 11.4 Å². The number of thiocarbonyl (C=S) groups is 1. The molecule has 0 bridgehead atoms. The molecule has 3 N–H and O–H groups in total. The minimum atomic E-state index is 0.149. The van der Waals surface area contributed by atoms with Crippen LogP contribution in [0, 0.1) is 0 Å². The van der Waals surface area contributed by atoms with Crippen molar-refractivity contribution in [3.63, 3.8) is 0 Å². The first kappa shape index (κ1) is 20.9. The molecule has 0 fully saturated rings. The summed E-state index contributed by atoms with van der Waals surface area (Å²) in [6.45, 7) is 3.15. The van der Waals surface area contributed by atoms with E-state index in [-0.39, 0.29) is 5.75 Å². The maximum atomic E-state index is 10.5. The van der Waals surface area contributed by atoms with E-state index >= 15 is 0 Å². The molecule has 0 radical (unpaired) electrons. The Morgan fingerprint density at radius 1 is 1.35 bits per heavy atom. The Balaban J connectivity index is 2.05. The third-order valence-electron chi connectivity index (χ3n) is 3.47. The zero-order valence-corrected chi connectivity index (χ0v) is 17.5. The van der Waals surface area contributed by atoms with Crippen LogP contribution in [0.25, 0.3) is 10.4 Å². The highest BCUT2D eigenvalue weighted by Gasteiger charge is 2.15. The van der Waals surface area contributed by atoms with Crippen molar-refractivity contribution in [2.24, 2.45) is 5.10 Å². The van der Waals surface area contributed by atoms with Crippen LogP contribution < -0.4 is 10.7 Å². The molecule has 5 nitrogen and oxygen atoms in total. The quantitative estimate of drug-likeness (QED) is 0.257. The fraction of sp³-hybridized carbons (Fsp3) is 0.294. The van der Waals surface area contributed by atoms with Crippen LogP contribution in [0.4, 0.5) is 0 Å². The molecule has 0 aliphatic heterocycles. The highest BCUT2D eigenvalue weighted by Crippen LogP contribution is 2.40. The average molecular weight is 432 g/mol. The fourth-order valence-electron chi connectivity index (χ4n) is 2.10. The molecule has 0 saturated carbocycles. The molecule has 0 atom stereocenters.